The first kappa shape index (κ1) is 13.0. The van der Waals surface area contributed by atoms with Gasteiger partial charge in [0.15, 0.2) is 0 Å². The molecular weight excluding hydrogens is 251 g/mol. The second-order valence-electron chi connectivity index (χ2n) is 5.07. The first-order valence-corrected chi connectivity index (χ1v) is 7.18. The number of fused-ring (bicyclic) bond motifs is 1. The van der Waals surface area contributed by atoms with Gasteiger partial charge in [0, 0.05) is 24.5 Å². The second-order valence-corrected chi connectivity index (χ2v) is 5.07. The maximum absolute atomic E-state index is 14.0. The lowest BCUT2D eigenvalue weighted by molar-refractivity contribution is 0.625. The summed E-state index contributed by atoms with van der Waals surface area (Å²) in [5.41, 5.74) is 4.20. The Morgan fingerprint density at radius 1 is 1.20 bits per heavy atom. The third-order valence-electron chi connectivity index (χ3n) is 3.80. The standard InChI is InChI=1S/C17H19FN2/c1-2-20(17-8-4-3-7-15(17)18)14-10-9-13-6-5-11-19-16(13)12-14/h3-4,7-10,12,19H,2,5-6,11H2,1H3. The molecule has 0 unspecified atom stereocenters. The van der Waals surface area contributed by atoms with Crippen molar-refractivity contribution in [3.63, 3.8) is 0 Å². The van der Waals surface area contributed by atoms with Crippen LogP contribution in [0.25, 0.3) is 0 Å². The van der Waals surface area contributed by atoms with Crippen LogP contribution in [-0.4, -0.2) is 13.1 Å². The van der Waals surface area contributed by atoms with Gasteiger partial charge in [-0.3, -0.25) is 0 Å². The molecule has 0 aromatic heterocycles. The molecule has 0 spiro atoms. The highest BCUT2D eigenvalue weighted by Gasteiger charge is 2.14. The molecule has 20 heavy (non-hydrogen) atoms. The summed E-state index contributed by atoms with van der Waals surface area (Å²) in [4.78, 5) is 2.01. The molecule has 2 aromatic carbocycles. The van der Waals surface area contributed by atoms with Crippen LogP contribution in [-0.2, 0) is 6.42 Å². The first-order chi connectivity index (χ1) is 9.79. The van der Waals surface area contributed by atoms with Crippen molar-refractivity contribution in [1.82, 2.24) is 0 Å². The van der Waals surface area contributed by atoms with Crippen molar-refractivity contribution in [3.05, 3.63) is 53.8 Å². The molecule has 1 aliphatic heterocycles. The van der Waals surface area contributed by atoms with Crippen LogP contribution < -0.4 is 10.2 Å². The predicted octanol–water partition coefficient (Wildman–Crippen LogP) is 4.34. The van der Waals surface area contributed by atoms with Crippen LogP contribution in [0.2, 0.25) is 0 Å². The molecule has 0 aliphatic carbocycles. The SMILES string of the molecule is CCN(c1ccc2c(c1)NCCC2)c1ccccc1F. The molecule has 0 saturated carbocycles. The molecule has 0 bridgehead atoms. The minimum absolute atomic E-state index is 0.181. The Hall–Kier alpha value is -2.03. The van der Waals surface area contributed by atoms with Crippen molar-refractivity contribution in [2.45, 2.75) is 19.8 Å². The van der Waals surface area contributed by atoms with Crippen LogP contribution in [0.5, 0.6) is 0 Å². The molecule has 1 heterocycles. The van der Waals surface area contributed by atoms with Gasteiger partial charge in [-0.25, -0.2) is 4.39 Å². The molecule has 0 fully saturated rings. The van der Waals surface area contributed by atoms with Gasteiger partial charge in [0.25, 0.3) is 0 Å². The summed E-state index contributed by atoms with van der Waals surface area (Å²) in [6.07, 6.45) is 2.30. The van der Waals surface area contributed by atoms with Gasteiger partial charge < -0.3 is 10.2 Å². The van der Waals surface area contributed by atoms with Crippen LogP contribution in [0.15, 0.2) is 42.5 Å². The third kappa shape index (κ3) is 2.36. The van der Waals surface area contributed by atoms with Crippen molar-refractivity contribution >= 4 is 17.1 Å². The van der Waals surface area contributed by atoms with Gasteiger partial charge in [-0.2, -0.15) is 0 Å². The van der Waals surface area contributed by atoms with E-state index in [4.69, 9.17) is 0 Å². The number of nitrogens with one attached hydrogen (secondary N) is 1. The minimum atomic E-state index is -0.181. The lowest BCUT2D eigenvalue weighted by atomic mass is 10.0. The number of aryl methyl sites for hydroxylation is 1. The smallest absolute Gasteiger partial charge is 0.146 e. The highest BCUT2D eigenvalue weighted by Crippen LogP contribution is 2.32. The van der Waals surface area contributed by atoms with E-state index in [2.05, 4.69) is 23.5 Å². The first-order valence-electron chi connectivity index (χ1n) is 7.18. The zero-order chi connectivity index (χ0) is 13.9. The Kier molecular flexibility index (Phi) is 3.59. The molecule has 1 aliphatic rings. The van der Waals surface area contributed by atoms with Crippen LogP contribution in [0, 0.1) is 5.82 Å². The monoisotopic (exact) mass is 270 g/mol. The lowest BCUT2D eigenvalue weighted by Gasteiger charge is -2.26. The summed E-state index contributed by atoms with van der Waals surface area (Å²) in [6, 6.07) is 13.3. The lowest BCUT2D eigenvalue weighted by Crippen LogP contribution is -2.18. The van der Waals surface area contributed by atoms with Crippen LogP contribution in [0.1, 0.15) is 18.9 Å². The Labute approximate surface area is 119 Å². The largest absolute Gasteiger partial charge is 0.385 e. The van der Waals surface area contributed by atoms with E-state index < -0.39 is 0 Å². The number of halogens is 1. The quantitative estimate of drug-likeness (QED) is 0.892. The van der Waals surface area contributed by atoms with Gasteiger partial charge >= 0.3 is 0 Å². The zero-order valence-corrected chi connectivity index (χ0v) is 11.7. The zero-order valence-electron chi connectivity index (χ0n) is 11.7. The van der Waals surface area contributed by atoms with Crippen molar-refractivity contribution < 1.29 is 4.39 Å². The molecule has 2 aromatic rings. The molecule has 0 atom stereocenters. The number of hydrogen-bond acceptors (Lipinski definition) is 2. The average molecular weight is 270 g/mol. The van der Waals surface area contributed by atoms with Gasteiger partial charge in [0.05, 0.1) is 5.69 Å². The van der Waals surface area contributed by atoms with E-state index in [0.29, 0.717) is 5.69 Å². The average Bonchev–Trinajstić information content (AvgIpc) is 2.50. The molecular formula is C17H19FN2. The van der Waals surface area contributed by atoms with E-state index in [1.807, 2.05) is 24.0 Å². The summed E-state index contributed by atoms with van der Waals surface area (Å²) in [6.45, 7) is 3.79. The van der Waals surface area contributed by atoms with Gasteiger partial charge in [0.2, 0.25) is 0 Å². The molecule has 104 valence electrons. The number of rotatable bonds is 3. The molecule has 3 rings (SSSR count). The number of anilines is 3. The fourth-order valence-corrected chi connectivity index (χ4v) is 2.78. The van der Waals surface area contributed by atoms with Gasteiger partial charge in [-0.05, 0) is 49.6 Å². The summed E-state index contributed by atoms with van der Waals surface area (Å²) in [5.74, 6) is -0.181. The van der Waals surface area contributed by atoms with Crippen LogP contribution in [0.3, 0.4) is 0 Å². The predicted molar refractivity (Wildman–Crippen MR) is 82.3 cm³/mol. The van der Waals surface area contributed by atoms with E-state index in [1.54, 1.807) is 6.07 Å². The van der Waals surface area contributed by atoms with E-state index in [1.165, 1.54) is 23.7 Å². The van der Waals surface area contributed by atoms with Crippen molar-refractivity contribution in [2.24, 2.45) is 0 Å². The summed E-state index contributed by atoms with van der Waals surface area (Å²) < 4.78 is 14.0. The normalized spacial score (nSPS) is 13.5. The molecule has 0 amide bonds. The third-order valence-corrected chi connectivity index (χ3v) is 3.80. The van der Waals surface area contributed by atoms with Gasteiger partial charge in [-0.15, -0.1) is 0 Å². The van der Waals surface area contributed by atoms with E-state index in [-0.39, 0.29) is 5.82 Å². The highest BCUT2D eigenvalue weighted by molar-refractivity contribution is 5.70. The number of nitrogens with zero attached hydrogens (tertiary/aromatic N) is 1. The summed E-state index contributed by atoms with van der Waals surface area (Å²) in [7, 11) is 0. The van der Waals surface area contributed by atoms with E-state index >= 15 is 0 Å². The van der Waals surface area contributed by atoms with Gasteiger partial charge in [-0.1, -0.05) is 18.2 Å². The highest BCUT2D eigenvalue weighted by atomic mass is 19.1. The van der Waals surface area contributed by atoms with Crippen LogP contribution >= 0.6 is 0 Å². The number of hydrogen-bond donors (Lipinski definition) is 1. The second kappa shape index (κ2) is 5.53. The molecule has 0 saturated heterocycles. The molecule has 1 N–H and O–H groups in total. The van der Waals surface area contributed by atoms with Crippen molar-refractivity contribution in [1.29, 1.82) is 0 Å². The summed E-state index contributed by atoms with van der Waals surface area (Å²) in [5, 5.41) is 3.43. The Bertz CT molecular complexity index is 610. The maximum Gasteiger partial charge on any atom is 0.146 e. The van der Waals surface area contributed by atoms with Crippen molar-refractivity contribution in [2.75, 3.05) is 23.3 Å². The Morgan fingerprint density at radius 2 is 2.05 bits per heavy atom. The number of para-hydroxylation sites is 1. The molecule has 2 nitrogen and oxygen atoms in total. The molecule has 0 radical (unpaired) electrons. The molecule has 3 heteroatoms. The van der Waals surface area contributed by atoms with Gasteiger partial charge in [0.1, 0.15) is 5.82 Å². The summed E-state index contributed by atoms with van der Waals surface area (Å²) >= 11 is 0. The minimum Gasteiger partial charge on any atom is -0.385 e. The van der Waals surface area contributed by atoms with Crippen LogP contribution in [0.4, 0.5) is 21.5 Å². The topological polar surface area (TPSA) is 15.3 Å². The number of benzene rings is 2. The van der Waals surface area contributed by atoms with E-state index in [0.717, 1.165) is 25.2 Å². The van der Waals surface area contributed by atoms with E-state index in [9.17, 15) is 4.39 Å². The fourth-order valence-electron chi connectivity index (χ4n) is 2.78. The maximum atomic E-state index is 14.0. The van der Waals surface area contributed by atoms with Crippen molar-refractivity contribution in [3.8, 4) is 0 Å². The Balaban J connectivity index is 1.99. The Morgan fingerprint density at radius 3 is 2.85 bits per heavy atom. The fraction of sp³-hybridized carbons (Fsp3) is 0.294.